The van der Waals surface area contributed by atoms with Gasteiger partial charge in [0.2, 0.25) is 0 Å². The van der Waals surface area contributed by atoms with Gasteiger partial charge in [-0.1, -0.05) is 13.0 Å². The summed E-state index contributed by atoms with van der Waals surface area (Å²) in [5.41, 5.74) is 0. The predicted molar refractivity (Wildman–Crippen MR) is 38.4 cm³/mol. The fourth-order valence-corrected chi connectivity index (χ4v) is 2.07. The summed E-state index contributed by atoms with van der Waals surface area (Å²) in [5.74, 6) is 0.697. The molecule has 0 aromatic rings. The molecule has 1 aliphatic rings. The Morgan fingerprint density at radius 3 is 2.78 bits per heavy atom. The van der Waals surface area contributed by atoms with Crippen molar-refractivity contribution in [1.82, 2.24) is 0 Å². The topological polar surface area (TPSA) is 26.3 Å². The van der Waals surface area contributed by atoms with E-state index in [-0.39, 0.29) is 11.9 Å². The van der Waals surface area contributed by atoms with Gasteiger partial charge in [-0.05, 0) is 0 Å². The SMILES string of the molecule is CC1C(=O)OCC1C[SiH3]. The Bertz CT molecular complexity index is 124. The van der Waals surface area contributed by atoms with Crippen molar-refractivity contribution < 1.29 is 9.53 Å². The molecule has 1 aliphatic heterocycles. The van der Waals surface area contributed by atoms with E-state index < -0.39 is 0 Å². The van der Waals surface area contributed by atoms with Crippen LogP contribution in [0, 0.1) is 11.8 Å². The molecule has 0 aromatic carbocycles. The molecule has 0 aromatic heterocycles. The van der Waals surface area contributed by atoms with E-state index in [2.05, 4.69) is 0 Å². The fraction of sp³-hybridized carbons (Fsp3) is 0.833. The molecule has 52 valence electrons. The lowest BCUT2D eigenvalue weighted by molar-refractivity contribution is -0.140. The average molecular weight is 144 g/mol. The minimum atomic E-state index is -0.00384. The van der Waals surface area contributed by atoms with Crippen LogP contribution in [0.15, 0.2) is 0 Å². The van der Waals surface area contributed by atoms with Gasteiger partial charge >= 0.3 is 5.97 Å². The van der Waals surface area contributed by atoms with Crippen molar-refractivity contribution in [2.24, 2.45) is 11.8 Å². The molecule has 2 atom stereocenters. The number of carbonyl (C=O) groups is 1. The second kappa shape index (κ2) is 2.52. The normalized spacial score (nSPS) is 35.0. The summed E-state index contributed by atoms with van der Waals surface area (Å²) in [7, 11) is 1.18. The van der Waals surface area contributed by atoms with Crippen LogP contribution in [0.5, 0.6) is 0 Å². The Labute approximate surface area is 58.0 Å². The molecule has 1 fully saturated rings. The van der Waals surface area contributed by atoms with Crippen molar-refractivity contribution in [1.29, 1.82) is 0 Å². The van der Waals surface area contributed by atoms with Crippen LogP contribution in [0.4, 0.5) is 0 Å². The zero-order valence-electron chi connectivity index (χ0n) is 5.89. The van der Waals surface area contributed by atoms with Crippen molar-refractivity contribution in [2.75, 3.05) is 6.61 Å². The third kappa shape index (κ3) is 1.15. The zero-order valence-corrected chi connectivity index (χ0v) is 7.89. The largest absolute Gasteiger partial charge is 0.465 e. The number of ether oxygens (including phenoxy) is 1. The summed E-state index contributed by atoms with van der Waals surface area (Å²) >= 11 is 0. The standard InChI is InChI=1S/C6H12O2Si/c1-4-5(3-9)2-8-6(4)7/h4-5H,2-3H2,1,9H3. The molecule has 9 heavy (non-hydrogen) atoms. The molecule has 0 N–H and O–H groups in total. The van der Waals surface area contributed by atoms with Crippen LogP contribution in [0.3, 0.4) is 0 Å². The highest BCUT2D eigenvalue weighted by atomic mass is 28.1. The van der Waals surface area contributed by atoms with Crippen LogP contribution in [0.1, 0.15) is 6.92 Å². The summed E-state index contributed by atoms with van der Waals surface area (Å²) in [6.45, 7) is 2.63. The van der Waals surface area contributed by atoms with Crippen molar-refractivity contribution in [3.63, 3.8) is 0 Å². The molecular weight excluding hydrogens is 132 g/mol. The number of esters is 1. The second-order valence-corrected chi connectivity index (χ2v) is 3.40. The van der Waals surface area contributed by atoms with Crippen LogP contribution < -0.4 is 0 Å². The van der Waals surface area contributed by atoms with E-state index >= 15 is 0 Å². The highest BCUT2D eigenvalue weighted by Gasteiger charge is 2.30. The van der Waals surface area contributed by atoms with E-state index in [0.717, 1.165) is 0 Å². The third-order valence-electron chi connectivity index (χ3n) is 2.04. The molecule has 2 nitrogen and oxygen atoms in total. The summed E-state index contributed by atoms with van der Waals surface area (Å²) in [6, 6.07) is 1.19. The number of carbonyl (C=O) groups excluding carboxylic acids is 1. The molecule has 0 amide bonds. The monoisotopic (exact) mass is 144 g/mol. The van der Waals surface area contributed by atoms with E-state index in [9.17, 15) is 4.79 Å². The Hall–Kier alpha value is -0.313. The molecule has 0 radical (unpaired) electrons. The zero-order chi connectivity index (χ0) is 6.85. The quantitative estimate of drug-likeness (QED) is 0.369. The van der Waals surface area contributed by atoms with Gasteiger partial charge < -0.3 is 4.74 Å². The van der Waals surface area contributed by atoms with Gasteiger partial charge in [-0.25, -0.2) is 0 Å². The van der Waals surface area contributed by atoms with Crippen LogP contribution >= 0.6 is 0 Å². The maximum absolute atomic E-state index is 10.7. The lowest BCUT2D eigenvalue weighted by atomic mass is 10.0. The van der Waals surface area contributed by atoms with Crippen LogP contribution in [-0.4, -0.2) is 22.8 Å². The van der Waals surface area contributed by atoms with E-state index in [1.165, 1.54) is 16.3 Å². The maximum atomic E-state index is 10.7. The molecule has 2 unspecified atom stereocenters. The Kier molecular flexibility index (Phi) is 1.90. The number of rotatable bonds is 1. The molecule has 0 aliphatic carbocycles. The van der Waals surface area contributed by atoms with Crippen molar-refractivity contribution in [3.8, 4) is 0 Å². The first-order chi connectivity index (χ1) is 4.25. The van der Waals surface area contributed by atoms with Crippen molar-refractivity contribution in [3.05, 3.63) is 0 Å². The van der Waals surface area contributed by atoms with Crippen LogP contribution in [0.2, 0.25) is 6.04 Å². The number of hydrogen-bond acceptors (Lipinski definition) is 2. The highest BCUT2D eigenvalue weighted by molar-refractivity contribution is 6.08. The predicted octanol–water partition coefficient (Wildman–Crippen LogP) is -0.421. The summed E-state index contributed by atoms with van der Waals surface area (Å²) in [4.78, 5) is 10.7. The number of hydrogen-bond donors (Lipinski definition) is 0. The molecule has 1 rings (SSSR count). The van der Waals surface area contributed by atoms with E-state index in [1.54, 1.807) is 0 Å². The van der Waals surface area contributed by atoms with E-state index in [1.807, 2.05) is 6.92 Å². The van der Waals surface area contributed by atoms with Gasteiger partial charge in [0.1, 0.15) is 0 Å². The first-order valence-electron chi connectivity index (χ1n) is 3.42. The molecule has 1 heterocycles. The van der Waals surface area contributed by atoms with Crippen LogP contribution in [-0.2, 0) is 9.53 Å². The molecular formula is C6H12O2Si. The summed E-state index contributed by atoms with van der Waals surface area (Å²) in [6.07, 6.45) is 0. The van der Waals surface area contributed by atoms with Crippen molar-refractivity contribution in [2.45, 2.75) is 13.0 Å². The molecule has 3 heteroatoms. The Morgan fingerprint density at radius 2 is 2.56 bits per heavy atom. The van der Waals surface area contributed by atoms with Gasteiger partial charge in [0.15, 0.2) is 0 Å². The van der Waals surface area contributed by atoms with E-state index in [4.69, 9.17) is 4.74 Å². The van der Waals surface area contributed by atoms with Gasteiger partial charge in [-0.15, -0.1) is 0 Å². The average Bonchev–Trinajstić information content (AvgIpc) is 2.15. The molecule has 0 spiro atoms. The van der Waals surface area contributed by atoms with Gasteiger partial charge in [0, 0.05) is 16.2 Å². The van der Waals surface area contributed by atoms with Gasteiger partial charge in [-0.3, -0.25) is 4.79 Å². The fourth-order valence-electron chi connectivity index (χ4n) is 1.13. The first-order valence-corrected chi connectivity index (χ1v) is 4.83. The minimum absolute atomic E-state index is 0.00384. The summed E-state index contributed by atoms with van der Waals surface area (Å²) in [5, 5.41) is 0. The third-order valence-corrected chi connectivity index (χ3v) is 3.09. The van der Waals surface area contributed by atoms with Crippen LogP contribution in [0.25, 0.3) is 0 Å². The lowest BCUT2D eigenvalue weighted by Gasteiger charge is -2.04. The highest BCUT2D eigenvalue weighted by Crippen LogP contribution is 2.23. The first kappa shape index (κ1) is 6.80. The second-order valence-electron chi connectivity index (χ2n) is 2.59. The lowest BCUT2D eigenvalue weighted by Crippen LogP contribution is -2.10. The Morgan fingerprint density at radius 1 is 1.89 bits per heavy atom. The number of cyclic esters (lactones) is 1. The molecule has 0 bridgehead atoms. The van der Waals surface area contributed by atoms with Gasteiger partial charge in [-0.2, -0.15) is 0 Å². The summed E-state index contributed by atoms with van der Waals surface area (Å²) < 4.78 is 4.85. The molecule has 0 saturated carbocycles. The maximum Gasteiger partial charge on any atom is 0.309 e. The van der Waals surface area contributed by atoms with Gasteiger partial charge in [0.05, 0.1) is 12.5 Å². The molecule has 1 saturated heterocycles. The van der Waals surface area contributed by atoms with E-state index in [0.29, 0.717) is 12.5 Å². The van der Waals surface area contributed by atoms with Crippen molar-refractivity contribution >= 4 is 16.2 Å². The smallest absolute Gasteiger partial charge is 0.309 e. The Balaban J connectivity index is 2.51. The van der Waals surface area contributed by atoms with Gasteiger partial charge in [0.25, 0.3) is 0 Å². The minimum Gasteiger partial charge on any atom is -0.465 e.